The summed E-state index contributed by atoms with van der Waals surface area (Å²) in [6.07, 6.45) is 1.67. The van der Waals surface area contributed by atoms with Crippen molar-refractivity contribution in [2.75, 3.05) is 26.2 Å². The third kappa shape index (κ3) is 5.95. The van der Waals surface area contributed by atoms with Gasteiger partial charge in [-0.15, -0.1) is 11.3 Å². The molecule has 0 fully saturated rings. The smallest absolute Gasteiger partial charge is 0.254 e. The van der Waals surface area contributed by atoms with E-state index in [1.54, 1.807) is 39.3 Å². The largest absolute Gasteiger partial charge is 0.488 e. The third-order valence-corrected chi connectivity index (χ3v) is 7.79. The van der Waals surface area contributed by atoms with Crippen molar-refractivity contribution in [3.05, 3.63) is 87.4 Å². The average molecular weight is 509 g/mol. The Morgan fingerprint density at radius 2 is 1.92 bits per heavy atom. The lowest BCUT2D eigenvalue weighted by Crippen LogP contribution is -2.48. The van der Waals surface area contributed by atoms with Gasteiger partial charge >= 0.3 is 0 Å². The average Bonchev–Trinajstić information content (AvgIpc) is 3.37. The van der Waals surface area contributed by atoms with Gasteiger partial charge in [-0.05, 0) is 60.5 Å². The maximum Gasteiger partial charge on any atom is 0.254 e. The second kappa shape index (κ2) is 11.7. The predicted molar refractivity (Wildman–Crippen MR) is 141 cm³/mol. The van der Waals surface area contributed by atoms with Crippen molar-refractivity contribution in [3.63, 3.8) is 0 Å². The molecular weight excluding hydrogens is 475 g/mol. The van der Waals surface area contributed by atoms with Gasteiger partial charge in [0.1, 0.15) is 13.2 Å². The molecule has 3 aromatic rings. The van der Waals surface area contributed by atoms with Gasteiger partial charge in [-0.25, -0.2) is 4.39 Å². The molecule has 0 unspecified atom stereocenters. The molecule has 2 aromatic carbocycles. The highest BCUT2D eigenvalue weighted by Gasteiger charge is 2.34. The van der Waals surface area contributed by atoms with E-state index in [0.717, 1.165) is 24.0 Å². The SMILES string of the molecule is CC[C@@H](C)CN(CC(=O)N1CCc2sccc2[C@@H]1COc1ccccc1F)C(=O)c1ccc(C)cc1. The summed E-state index contributed by atoms with van der Waals surface area (Å²) in [4.78, 5) is 31.8. The standard InChI is InChI=1S/C29H33FN2O3S/c1-4-20(2)17-31(29(34)22-11-9-21(3)10-12-22)18-28(33)32-15-13-27-23(14-16-36-27)25(32)19-35-26-8-6-5-7-24(26)30/h5-12,14,16,20,25H,4,13,15,17-19H2,1-3H3/t20-,25+/m1/s1. The van der Waals surface area contributed by atoms with Crippen molar-refractivity contribution < 1.29 is 18.7 Å². The zero-order chi connectivity index (χ0) is 25.7. The summed E-state index contributed by atoms with van der Waals surface area (Å²) in [5.41, 5.74) is 2.69. The van der Waals surface area contributed by atoms with E-state index in [9.17, 15) is 14.0 Å². The fourth-order valence-electron chi connectivity index (χ4n) is 4.46. The highest BCUT2D eigenvalue weighted by molar-refractivity contribution is 7.10. The maximum atomic E-state index is 14.2. The highest BCUT2D eigenvalue weighted by Crippen LogP contribution is 2.34. The minimum absolute atomic E-state index is 0.00722. The van der Waals surface area contributed by atoms with Gasteiger partial charge in [0.2, 0.25) is 5.91 Å². The molecule has 5 nitrogen and oxygen atoms in total. The molecule has 0 bridgehead atoms. The number of para-hydroxylation sites is 1. The summed E-state index contributed by atoms with van der Waals surface area (Å²) in [5, 5.41) is 2.02. The summed E-state index contributed by atoms with van der Waals surface area (Å²) in [6.45, 7) is 7.33. The number of halogens is 1. The van der Waals surface area contributed by atoms with Crippen molar-refractivity contribution in [1.82, 2.24) is 9.80 Å². The van der Waals surface area contributed by atoms with Crippen molar-refractivity contribution in [3.8, 4) is 5.75 Å². The van der Waals surface area contributed by atoms with Crippen LogP contribution in [0.15, 0.2) is 60.0 Å². The van der Waals surface area contributed by atoms with Crippen LogP contribution < -0.4 is 4.74 Å². The van der Waals surface area contributed by atoms with Gasteiger partial charge in [-0.2, -0.15) is 0 Å². The number of nitrogens with zero attached hydrogens (tertiary/aromatic N) is 2. The van der Waals surface area contributed by atoms with Gasteiger partial charge in [0, 0.05) is 23.5 Å². The summed E-state index contributed by atoms with van der Waals surface area (Å²) in [5.74, 6) is -0.272. The summed E-state index contributed by atoms with van der Waals surface area (Å²) in [7, 11) is 0. The second-order valence-corrected chi connectivity index (χ2v) is 10.5. The number of hydrogen-bond acceptors (Lipinski definition) is 4. The molecule has 0 aliphatic carbocycles. The number of fused-ring (bicyclic) bond motifs is 1. The van der Waals surface area contributed by atoms with Crippen LogP contribution in [0.25, 0.3) is 0 Å². The molecule has 2 heterocycles. The molecular formula is C29H33FN2O3S. The van der Waals surface area contributed by atoms with E-state index in [1.165, 1.54) is 10.9 Å². The Labute approximate surface area is 216 Å². The number of hydrogen-bond donors (Lipinski definition) is 0. The zero-order valence-corrected chi connectivity index (χ0v) is 21.9. The summed E-state index contributed by atoms with van der Waals surface area (Å²) < 4.78 is 20.0. The van der Waals surface area contributed by atoms with Crippen LogP contribution in [0.3, 0.4) is 0 Å². The van der Waals surface area contributed by atoms with Crippen LogP contribution in [0.2, 0.25) is 0 Å². The monoisotopic (exact) mass is 508 g/mol. The molecule has 0 radical (unpaired) electrons. The first-order valence-electron chi connectivity index (χ1n) is 12.5. The fourth-order valence-corrected chi connectivity index (χ4v) is 5.39. The minimum atomic E-state index is -0.430. The lowest BCUT2D eigenvalue weighted by molar-refractivity contribution is -0.135. The number of carbonyl (C=O) groups excluding carboxylic acids is 2. The van der Waals surface area contributed by atoms with Gasteiger partial charge in [0.25, 0.3) is 5.91 Å². The Bertz CT molecular complexity index is 1190. The number of thiophene rings is 1. The predicted octanol–water partition coefficient (Wildman–Crippen LogP) is 5.89. The summed E-state index contributed by atoms with van der Waals surface area (Å²) >= 11 is 1.66. The molecule has 0 saturated carbocycles. The topological polar surface area (TPSA) is 49.9 Å². The highest BCUT2D eigenvalue weighted by atomic mass is 32.1. The van der Waals surface area contributed by atoms with E-state index in [4.69, 9.17) is 4.74 Å². The molecule has 0 spiro atoms. The third-order valence-electron chi connectivity index (χ3n) is 6.79. The quantitative estimate of drug-likeness (QED) is 0.362. The van der Waals surface area contributed by atoms with Crippen LogP contribution >= 0.6 is 11.3 Å². The molecule has 0 saturated heterocycles. The van der Waals surface area contributed by atoms with Crippen molar-refractivity contribution in [1.29, 1.82) is 0 Å². The number of benzene rings is 2. The lowest BCUT2D eigenvalue weighted by Gasteiger charge is -2.37. The van der Waals surface area contributed by atoms with E-state index in [1.807, 2.05) is 42.6 Å². The van der Waals surface area contributed by atoms with Gasteiger partial charge in [-0.1, -0.05) is 50.1 Å². The van der Waals surface area contributed by atoms with Crippen LogP contribution in [0.4, 0.5) is 4.39 Å². The molecule has 2 atom stereocenters. The maximum absolute atomic E-state index is 14.2. The molecule has 1 aromatic heterocycles. The van der Waals surface area contributed by atoms with Crippen molar-refractivity contribution in [2.45, 2.75) is 39.7 Å². The van der Waals surface area contributed by atoms with Crippen LogP contribution in [0, 0.1) is 18.7 Å². The van der Waals surface area contributed by atoms with Gasteiger partial charge in [-0.3, -0.25) is 9.59 Å². The summed E-state index contributed by atoms with van der Waals surface area (Å²) in [6, 6.07) is 15.4. The van der Waals surface area contributed by atoms with Crippen LogP contribution in [-0.4, -0.2) is 47.9 Å². The molecule has 7 heteroatoms. The van der Waals surface area contributed by atoms with Crippen LogP contribution in [0.5, 0.6) is 5.75 Å². The first-order valence-corrected chi connectivity index (χ1v) is 13.3. The first kappa shape index (κ1) is 25.9. The van der Waals surface area contributed by atoms with E-state index < -0.39 is 5.82 Å². The van der Waals surface area contributed by atoms with Crippen molar-refractivity contribution >= 4 is 23.2 Å². The molecule has 36 heavy (non-hydrogen) atoms. The Hall–Kier alpha value is -3.19. The van der Waals surface area contributed by atoms with Gasteiger partial charge in [0.05, 0.1) is 6.04 Å². The molecule has 4 rings (SSSR count). The van der Waals surface area contributed by atoms with E-state index in [2.05, 4.69) is 13.8 Å². The Morgan fingerprint density at radius 3 is 2.64 bits per heavy atom. The van der Waals surface area contributed by atoms with Gasteiger partial charge in [0.15, 0.2) is 11.6 Å². The number of ether oxygens (including phenoxy) is 1. The minimum Gasteiger partial charge on any atom is -0.488 e. The van der Waals surface area contributed by atoms with E-state index in [-0.39, 0.29) is 42.7 Å². The Kier molecular flexibility index (Phi) is 8.41. The number of amides is 2. The molecule has 0 N–H and O–H groups in total. The van der Waals surface area contributed by atoms with Crippen LogP contribution in [-0.2, 0) is 11.2 Å². The normalized spacial score (nSPS) is 15.8. The molecule has 190 valence electrons. The number of carbonyl (C=O) groups is 2. The zero-order valence-electron chi connectivity index (χ0n) is 21.1. The van der Waals surface area contributed by atoms with Gasteiger partial charge < -0.3 is 14.5 Å². The molecule has 2 amide bonds. The first-order chi connectivity index (χ1) is 17.4. The van der Waals surface area contributed by atoms with E-state index >= 15 is 0 Å². The number of rotatable bonds is 9. The number of aryl methyl sites for hydroxylation is 1. The van der Waals surface area contributed by atoms with Crippen molar-refractivity contribution in [2.24, 2.45) is 5.92 Å². The Balaban J connectivity index is 1.55. The fraction of sp³-hybridized carbons (Fsp3) is 0.379. The van der Waals surface area contributed by atoms with Crippen LogP contribution in [0.1, 0.15) is 52.7 Å². The lowest BCUT2D eigenvalue weighted by atomic mass is 10.00. The molecule has 1 aliphatic heterocycles. The molecule has 1 aliphatic rings. The Morgan fingerprint density at radius 1 is 1.17 bits per heavy atom. The van der Waals surface area contributed by atoms with E-state index in [0.29, 0.717) is 18.7 Å². The second-order valence-electron chi connectivity index (χ2n) is 9.46.